The van der Waals surface area contributed by atoms with Gasteiger partial charge in [-0.3, -0.25) is 10.1 Å². The molecule has 1 unspecified atom stereocenters. The molecule has 0 aliphatic carbocycles. The molecule has 0 saturated heterocycles. The Morgan fingerprint density at radius 2 is 1.82 bits per heavy atom. The summed E-state index contributed by atoms with van der Waals surface area (Å²) in [7, 11) is 0. The summed E-state index contributed by atoms with van der Waals surface area (Å²) in [5.74, 6) is 1.56. The number of anilines is 4. The van der Waals surface area contributed by atoms with Crippen molar-refractivity contribution in [1.29, 1.82) is 0 Å². The maximum Gasteiger partial charge on any atom is 0.411 e. The van der Waals surface area contributed by atoms with Crippen LogP contribution in [0.2, 0.25) is 0 Å². The molecule has 33 heavy (non-hydrogen) atoms. The van der Waals surface area contributed by atoms with Gasteiger partial charge in [0.1, 0.15) is 0 Å². The van der Waals surface area contributed by atoms with Crippen LogP contribution in [-0.2, 0) is 16.0 Å². The van der Waals surface area contributed by atoms with Gasteiger partial charge >= 0.3 is 6.09 Å². The van der Waals surface area contributed by atoms with Crippen LogP contribution in [0.25, 0.3) is 0 Å². The number of nitrogens with zero attached hydrogens (tertiary/aromatic N) is 3. The number of aromatic nitrogens is 2. The Morgan fingerprint density at radius 1 is 1.12 bits per heavy atom. The molecule has 2 heterocycles. The second-order valence-electron chi connectivity index (χ2n) is 9.12. The highest BCUT2D eigenvalue weighted by Crippen LogP contribution is 2.34. The van der Waals surface area contributed by atoms with Gasteiger partial charge in [-0.1, -0.05) is 20.8 Å². The molecule has 1 aliphatic heterocycles. The van der Waals surface area contributed by atoms with Gasteiger partial charge in [-0.05, 0) is 68.7 Å². The number of benzene rings is 1. The molecule has 0 radical (unpaired) electrons. The van der Waals surface area contributed by atoms with Crippen molar-refractivity contribution in [2.24, 2.45) is 11.8 Å². The highest BCUT2D eigenvalue weighted by Gasteiger charge is 2.23. The number of aryl methyl sites for hydroxylation is 3. The Morgan fingerprint density at radius 3 is 2.45 bits per heavy atom. The van der Waals surface area contributed by atoms with Crippen LogP contribution in [0.5, 0.6) is 0 Å². The zero-order valence-corrected chi connectivity index (χ0v) is 20.5. The molecule has 2 N–H and O–H groups in total. The Hall–Kier alpha value is -3.16. The third kappa shape index (κ3) is 6.21. The Balaban J connectivity index is 1.73. The molecule has 1 aliphatic rings. The SMILES string of the molecule is CC(=O)Nc1ccc2c(c1)CCCN2c1nc(C)c(NC(=O)OCCC(C)C(C)C)c(C)n1. The second kappa shape index (κ2) is 10.6. The number of hydrogen-bond acceptors (Lipinski definition) is 6. The highest BCUT2D eigenvalue weighted by molar-refractivity contribution is 5.89. The maximum absolute atomic E-state index is 12.3. The van der Waals surface area contributed by atoms with Crippen LogP contribution >= 0.6 is 0 Å². The lowest BCUT2D eigenvalue weighted by molar-refractivity contribution is -0.114. The van der Waals surface area contributed by atoms with Crippen molar-refractivity contribution in [3.8, 4) is 0 Å². The topological polar surface area (TPSA) is 96.5 Å². The van der Waals surface area contributed by atoms with E-state index in [1.54, 1.807) is 0 Å². The Bertz CT molecular complexity index is 998. The fourth-order valence-electron chi connectivity index (χ4n) is 3.90. The molecular formula is C25H35N5O3. The molecule has 1 aromatic heterocycles. The van der Waals surface area contributed by atoms with Gasteiger partial charge < -0.3 is 15.0 Å². The zero-order chi connectivity index (χ0) is 24.1. The molecule has 1 atom stereocenters. The van der Waals surface area contributed by atoms with E-state index in [1.807, 2.05) is 32.0 Å². The van der Waals surface area contributed by atoms with Crippen molar-refractivity contribution in [2.75, 3.05) is 28.7 Å². The van der Waals surface area contributed by atoms with Crippen LogP contribution < -0.4 is 15.5 Å². The minimum Gasteiger partial charge on any atom is -0.449 e. The van der Waals surface area contributed by atoms with Crippen LogP contribution in [0.1, 0.15) is 57.5 Å². The zero-order valence-electron chi connectivity index (χ0n) is 20.5. The number of hydrogen-bond donors (Lipinski definition) is 2. The average molecular weight is 454 g/mol. The van der Waals surface area contributed by atoms with E-state index < -0.39 is 6.09 Å². The molecule has 8 heteroatoms. The molecule has 2 aromatic rings. The van der Waals surface area contributed by atoms with Gasteiger partial charge in [-0.15, -0.1) is 0 Å². The van der Waals surface area contributed by atoms with Crippen molar-refractivity contribution in [2.45, 2.75) is 60.8 Å². The molecule has 8 nitrogen and oxygen atoms in total. The standard InChI is InChI=1S/C25H35N5O3/c1-15(2)16(3)11-13-33-25(32)29-23-17(4)26-24(27-18(23)5)30-12-7-8-20-14-21(28-19(6)31)9-10-22(20)30/h9-10,14-16H,7-8,11-13H2,1-6H3,(H,28,31)(H,29,32). The summed E-state index contributed by atoms with van der Waals surface area (Å²) < 4.78 is 5.36. The van der Waals surface area contributed by atoms with Crippen LogP contribution in [-0.4, -0.2) is 35.1 Å². The first-order chi connectivity index (χ1) is 15.7. The van der Waals surface area contributed by atoms with E-state index in [4.69, 9.17) is 4.74 Å². The van der Waals surface area contributed by atoms with Gasteiger partial charge in [-0.2, -0.15) is 0 Å². The van der Waals surface area contributed by atoms with Crippen molar-refractivity contribution >= 4 is 35.0 Å². The number of carbonyl (C=O) groups excluding carboxylic acids is 2. The third-order valence-electron chi connectivity index (χ3n) is 6.19. The Labute approximate surface area is 196 Å². The highest BCUT2D eigenvalue weighted by atomic mass is 16.5. The van der Waals surface area contributed by atoms with Crippen molar-refractivity contribution < 1.29 is 14.3 Å². The number of fused-ring (bicyclic) bond motifs is 1. The van der Waals surface area contributed by atoms with E-state index in [0.29, 0.717) is 41.5 Å². The quantitative estimate of drug-likeness (QED) is 0.585. The lowest BCUT2D eigenvalue weighted by atomic mass is 9.95. The molecule has 0 spiro atoms. The first-order valence-electron chi connectivity index (χ1n) is 11.6. The molecule has 0 fully saturated rings. The number of nitrogens with one attached hydrogen (secondary N) is 2. The largest absolute Gasteiger partial charge is 0.449 e. The van der Waals surface area contributed by atoms with Crippen LogP contribution in [0.4, 0.5) is 27.8 Å². The van der Waals surface area contributed by atoms with Crippen LogP contribution in [0.15, 0.2) is 18.2 Å². The second-order valence-corrected chi connectivity index (χ2v) is 9.12. The maximum atomic E-state index is 12.3. The molecule has 0 bridgehead atoms. The lowest BCUT2D eigenvalue weighted by Crippen LogP contribution is -2.27. The van der Waals surface area contributed by atoms with E-state index in [1.165, 1.54) is 6.92 Å². The van der Waals surface area contributed by atoms with Crippen molar-refractivity contribution in [3.63, 3.8) is 0 Å². The minimum atomic E-state index is -0.484. The number of ether oxygens (including phenoxy) is 1. The van der Waals surface area contributed by atoms with Gasteiger partial charge in [0.15, 0.2) is 0 Å². The normalized spacial score (nSPS) is 14.0. The van der Waals surface area contributed by atoms with Crippen LogP contribution in [0.3, 0.4) is 0 Å². The smallest absolute Gasteiger partial charge is 0.411 e. The average Bonchev–Trinajstić information content (AvgIpc) is 2.75. The van der Waals surface area contributed by atoms with E-state index in [-0.39, 0.29) is 5.91 Å². The van der Waals surface area contributed by atoms with Gasteiger partial charge in [0.25, 0.3) is 0 Å². The summed E-state index contributed by atoms with van der Waals surface area (Å²) >= 11 is 0. The van der Waals surface area contributed by atoms with E-state index in [2.05, 4.69) is 46.3 Å². The molecule has 178 valence electrons. The van der Waals surface area contributed by atoms with Gasteiger partial charge in [0.2, 0.25) is 11.9 Å². The van der Waals surface area contributed by atoms with Crippen molar-refractivity contribution in [1.82, 2.24) is 9.97 Å². The number of carbonyl (C=O) groups is 2. The molecule has 3 rings (SSSR count). The summed E-state index contributed by atoms with van der Waals surface area (Å²) in [6.45, 7) is 12.9. The van der Waals surface area contributed by atoms with Crippen molar-refractivity contribution in [3.05, 3.63) is 35.2 Å². The van der Waals surface area contributed by atoms with Gasteiger partial charge in [0, 0.05) is 24.8 Å². The minimum absolute atomic E-state index is 0.0896. The summed E-state index contributed by atoms with van der Waals surface area (Å²) in [6.07, 6.45) is 2.23. The Kier molecular flexibility index (Phi) is 7.89. The molecule has 2 amide bonds. The monoisotopic (exact) mass is 453 g/mol. The summed E-state index contributed by atoms with van der Waals surface area (Å²) in [4.78, 5) is 35.1. The fraction of sp³-hybridized carbons (Fsp3) is 0.520. The lowest BCUT2D eigenvalue weighted by Gasteiger charge is -2.30. The summed E-state index contributed by atoms with van der Waals surface area (Å²) in [6, 6.07) is 5.90. The predicted octanol–water partition coefficient (Wildman–Crippen LogP) is 5.37. The van der Waals surface area contributed by atoms with Gasteiger partial charge in [0.05, 0.1) is 23.7 Å². The van der Waals surface area contributed by atoms with Crippen LogP contribution in [0, 0.1) is 25.7 Å². The van der Waals surface area contributed by atoms with E-state index in [9.17, 15) is 9.59 Å². The molecule has 1 aromatic carbocycles. The van der Waals surface area contributed by atoms with E-state index >= 15 is 0 Å². The number of amides is 2. The van der Waals surface area contributed by atoms with Gasteiger partial charge in [-0.25, -0.2) is 14.8 Å². The predicted molar refractivity (Wildman–Crippen MR) is 131 cm³/mol. The fourth-order valence-corrected chi connectivity index (χ4v) is 3.90. The summed E-state index contributed by atoms with van der Waals surface area (Å²) in [5.41, 5.74) is 4.93. The molecular weight excluding hydrogens is 418 g/mol. The number of rotatable bonds is 7. The first-order valence-corrected chi connectivity index (χ1v) is 11.6. The third-order valence-corrected chi connectivity index (χ3v) is 6.19. The first kappa shape index (κ1) is 24.5. The summed E-state index contributed by atoms with van der Waals surface area (Å²) in [5, 5.41) is 5.65. The molecule has 0 saturated carbocycles. The van der Waals surface area contributed by atoms with E-state index in [0.717, 1.165) is 42.7 Å².